The molecule has 2 atom stereocenters. The molecule has 0 spiro atoms. The van der Waals surface area contributed by atoms with Crippen LogP contribution >= 0.6 is 0 Å². The van der Waals surface area contributed by atoms with Gasteiger partial charge >= 0.3 is 0 Å². The van der Waals surface area contributed by atoms with Gasteiger partial charge in [-0.2, -0.15) is 0 Å². The number of piperidine rings is 1. The fourth-order valence-electron chi connectivity index (χ4n) is 4.38. The number of furan rings is 1. The second-order valence-electron chi connectivity index (χ2n) is 6.83. The number of amides is 1. The van der Waals surface area contributed by atoms with E-state index in [2.05, 4.69) is 25.1 Å². The van der Waals surface area contributed by atoms with E-state index in [0.717, 1.165) is 30.6 Å². The number of aryl methyl sites for hydroxylation is 1. The van der Waals surface area contributed by atoms with Crippen LogP contribution in [0.25, 0.3) is 11.3 Å². The number of hydrogen-bond acceptors (Lipinski definition) is 2. The van der Waals surface area contributed by atoms with Gasteiger partial charge in [0.1, 0.15) is 5.76 Å². The zero-order valence-electron chi connectivity index (χ0n) is 13.1. The second kappa shape index (κ2) is 4.73. The Labute approximate surface area is 130 Å². The summed E-state index contributed by atoms with van der Waals surface area (Å²) in [6.45, 7) is 2.32. The number of carbonyl (C=O) groups excluding carboxylic acids is 1. The van der Waals surface area contributed by atoms with Crippen molar-refractivity contribution in [3.63, 3.8) is 0 Å². The Morgan fingerprint density at radius 2 is 2.14 bits per heavy atom. The molecule has 1 saturated heterocycles. The molecule has 1 aromatic carbocycles. The molecule has 114 valence electrons. The Morgan fingerprint density at radius 3 is 2.91 bits per heavy atom. The Kier molecular flexibility index (Phi) is 2.93. The van der Waals surface area contributed by atoms with E-state index in [0.29, 0.717) is 12.5 Å². The van der Waals surface area contributed by atoms with Crippen molar-refractivity contribution >= 4 is 5.91 Å². The van der Waals surface area contributed by atoms with Crippen LogP contribution in [0.1, 0.15) is 37.3 Å². The van der Waals surface area contributed by atoms with Crippen molar-refractivity contribution in [3.8, 4) is 11.3 Å². The molecule has 22 heavy (non-hydrogen) atoms. The van der Waals surface area contributed by atoms with E-state index in [1.807, 2.05) is 24.1 Å². The van der Waals surface area contributed by atoms with Gasteiger partial charge in [0.25, 0.3) is 0 Å². The average molecular weight is 295 g/mol. The molecule has 1 aliphatic carbocycles. The maximum atomic E-state index is 12.0. The maximum Gasteiger partial charge on any atom is 0.222 e. The average Bonchev–Trinajstić information content (AvgIpc) is 3.05. The SMILES string of the molecule is CN1C(=O)CC[C@]2(C)c3ccc(-c4ccco4)cc3CC[C@@H]12. The van der Waals surface area contributed by atoms with E-state index in [-0.39, 0.29) is 11.3 Å². The number of hydrogen-bond donors (Lipinski definition) is 0. The van der Waals surface area contributed by atoms with Crippen molar-refractivity contribution in [2.75, 3.05) is 7.05 Å². The van der Waals surface area contributed by atoms with Crippen LogP contribution in [-0.2, 0) is 16.6 Å². The van der Waals surface area contributed by atoms with Gasteiger partial charge < -0.3 is 9.32 Å². The largest absolute Gasteiger partial charge is 0.464 e. The van der Waals surface area contributed by atoms with E-state index < -0.39 is 0 Å². The van der Waals surface area contributed by atoms with Crippen LogP contribution in [0.2, 0.25) is 0 Å². The number of nitrogens with zero attached hydrogens (tertiary/aromatic N) is 1. The van der Waals surface area contributed by atoms with Crippen molar-refractivity contribution in [3.05, 3.63) is 47.7 Å². The lowest BCUT2D eigenvalue weighted by atomic mass is 9.63. The lowest BCUT2D eigenvalue weighted by molar-refractivity contribution is -0.138. The smallest absolute Gasteiger partial charge is 0.222 e. The normalized spacial score (nSPS) is 27.5. The first-order valence-electron chi connectivity index (χ1n) is 8.02. The summed E-state index contributed by atoms with van der Waals surface area (Å²) in [6, 6.07) is 10.9. The lowest BCUT2D eigenvalue weighted by Crippen LogP contribution is -2.56. The number of likely N-dealkylation sites (tertiary alicyclic amines) is 1. The van der Waals surface area contributed by atoms with E-state index in [9.17, 15) is 4.79 Å². The second-order valence-corrected chi connectivity index (χ2v) is 6.83. The van der Waals surface area contributed by atoms with Crippen LogP contribution < -0.4 is 0 Å². The highest BCUT2D eigenvalue weighted by atomic mass is 16.3. The summed E-state index contributed by atoms with van der Waals surface area (Å²) < 4.78 is 5.52. The highest BCUT2D eigenvalue weighted by Gasteiger charge is 2.46. The summed E-state index contributed by atoms with van der Waals surface area (Å²) in [5.74, 6) is 1.21. The van der Waals surface area contributed by atoms with E-state index in [1.54, 1.807) is 6.26 Å². The van der Waals surface area contributed by atoms with Gasteiger partial charge in [-0.25, -0.2) is 0 Å². The maximum absolute atomic E-state index is 12.0. The molecule has 2 aromatic rings. The van der Waals surface area contributed by atoms with Gasteiger partial charge in [-0.3, -0.25) is 4.79 Å². The van der Waals surface area contributed by atoms with Crippen molar-refractivity contribution in [1.82, 2.24) is 4.90 Å². The standard InChI is InChI=1S/C19H21NO2/c1-19-10-9-18(21)20(2)17(19)8-6-13-12-14(5-7-15(13)19)16-4-3-11-22-16/h3-5,7,11-12,17H,6,8-10H2,1-2H3/t17-,19-/m1/s1. The predicted octanol–water partition coefficient (Wildman–Crippen LogP) is 3.77. The molecular formula is C19H21NO2. The summed E-state index contributed by atoms with van der Waals surface area (Å²) in [5, 5.41) is 0. The molecule has 1 aliphatic heterocycles. The Morgan fingerprint density at radius 1 is 1.27 bits per heavy atom. The monoisotopic (exact) mass is 295 g/mol. The molecule has 0 N–H and O–H groups in total. The number of benzene rings is 1. The van der Waals surface area contributed by atoms with E-state index >= 15 is 0 Å². The van der Waals surface area contributed by atoms with Gasteiger partial charge in [0.05, 0.1) is 6.26 Å². The molecule has 0 radical (unpaired) electrons. The summed E-state index contributed by atoms with van der Waals surface area (Å²) >= 11 is 0. The minimum Gasteiger partial charge on any atom is -0.464 e. The zero-order valence-corrected chi connectivity index (χ0v) is 13.1. The molecule has 0 bridgehead atoms. The van der Waals surface area contributed by atoms with E-state index in [4.69, 9.17) is 4.42 Å². The highest BCUT2D eigenvalue weighted by molar-refractivity contribution is 5.78. The molecule has 3 heteroatoms. The summed E-state index contributed by atoms with van der Waals surface area (Å²) in [4.78, 5) is 14.0. The summed E-state index contributed by atoms with van der Waals surface area (Å²) in [6.07, 6.45) is 5.40. The van der Waals surface area contributed by atoms with Gasteiger partial charge in [-0.05, 0) is 48.6 Å². The Hall–Kier alpha value is -2.03. The third kappa shape index (κ3) is 1.84. The van der Waals surface area contributed by atoms with Crippen LogP contribution in [-0.4, -0.2) is 23.9 Å². The third-order valence-corrected chi connectivity index (χ3v) is 5.67. The van der Waals surface area contributed by atoms with Gasteiger partial charge in [-0.15, -0.1) is 0 Å². The number of likely N-dealkylation sites (N-methyl/N-ethyl adjacent to an activating group) is 1. The fraction of sp³-hybridized carbons (Fsp3) is 0.421. The van der Waals surface area contributed by atoms with E-state index in [1.165, 1.54) is 11.1 Å². The molecular weight excluding hydrogens is 274 g/mol. The first-order chi connectivity index (χ1) is 10.6. The van der Waals surface area contributed by atoms with Crippen LogP contribution in [0.5, 0.6) is 0 Å². The molecule has 1 amide bonds. The molecule has 2 aliphatic rings. The molecule has 1 aromatic heterocycles. The topological polar surface area (TPSA) is 33.5 Å². The molecule has 2 heterocycles. The van der Waals surface area contributed by atoms with Crippen LogP contribution in [0.15, 0.2) is 41.0 Å². The molecule has 1 fully saturated rings. The van der Waals surface area contributed by atoms with Crippen LogP contribution in [0.3, 0.4) is 0 Å². The highest BCUT2D eigenvalue weighted by Crippen LogP contribution is 2.46. The molecule has 0 saturated carbocycles. The summed E-state index contributed by atoms with van der Waals surface area (Å²) in [5.41, 5.74) is 4.05. The van der Waals surface area contributed by atoms with Crippen molar-refractivity contribution in [2.45, 2.75) is 44.1 Å². The number of fused-ring (bicyclic) bond motifs is 3. The lowest BCUT2D eigenvalue weighted by Gasteiger charge is -2.50. The van der Waals surface area contributed by atoms with Crippen LogP contribution in [0, 0.1) is 0 Å². The molecule has 0 unspecified atom stereocenters. The zero-order chi connectivity index (χ0) is 15.3. The number of carbonyl (C=O) groups is 1. The van der Waals surface area contributed by atoms with Gasteiger partial charge in [0.2, 0.25) is 5.91 Å². The minimum atomic E-state index is 0.0813. The molecule has 4 rings (SSSR count). The van der Waals surface area contributed by atoms with Crippen molar-refractivity contribution < 1.29 is 9.21 Å². The Bertz CT molecular complexity index is 719. The minimum absolute atomic E-state index is 0.0813. The fourth-order valence-corrected chi connectivity index (χ4v) is 4.38. The molecule has 3 nitrogen and oxygen atoms in total. The predicted molar refractivity (Wildman–Crippen MR) is 85.6 cm³/mol. The van der Waals surface area contributed by atoms with Crippen LogP contribution in [0.4, 0.5) is 0 Å². The first-order valence-corrected chi connectivity index (χ1v) is 8.02. The van der Waals surface area contributed by atoms with Gasteiger partial charge in [0.15, 0.2) is 0 Å². The summed E-state index contributed by atoms with van der Waals surface area (Å²) in [7, 11) is 1.96. The Balaban J connectivity index is 1.77. The van der Waals surface area contributed by atoms with Crippen molar-refractivity contribution in [1.29, 1.82) is 0 Å². The van der Waals surface area contributed by atoms with Crippen molar-refractivity contribution in [2.24, 2.45) is 0 Å². The third-order valence-electron chi connectivity index (χ3n) is 5.67. The first kappa shape index (κ1) is 13.6. The quantitative estimate of drug-likeness (QED) is 0.802. The van der Waals surface area contributed by atoms with Gasteiger partial charge in [-0.1, -0.05) is 19.1 Å². The number of rotatable bonds is 1. The van der Waals surface area contributed by atoms with Gasteiger partial charge in [0, 0.05) is 30.5 Å².